The molecule has 1 fully saturated rings. The standard InChI is InChI=1S/C19H27N5O3/c1-3-22-10-12-23(13-11-22)19(26)17-21-16(15-7-4-5-9-24(15)17)18(25)20-8-6-14-27-2/h4-5,7,9H,3,6,8,10-14H2,1-2H3,(H,20,25). The zero-order valence-electron chi connectivity index (χ0n) is 16.0. The van der Waals surface area contributed by atoms with Gasteiger partial charge in [-0.2, -0.15) is 0 Å². The van der Waals surface area contributed by atoms with Crippen LogP contribution in [0.3, 0.4) is 0 Å². The van der Waals surface area contributed by atoms with Crippen molar-refractivity contribution < 1.29 is 14.3 Å². The molecule has 0 unspecified atom stereocenters. The molecule has 8 heteroatoms. The van der Waals surface area contributed by atoms with Crippen LogP contribution in [-0.2, 0) is 4.74 Å². The Kier molecular flexibility index (Phi) is 6.41. The molecule has 2 amide bonds. The van der Waals surface area contributed by atoms with Crippen LogP contribution in [0.4, 0.5) is 0 Å². The van der Waals surface area contributed by atoms with Crippen molar-refractivity contribution in [1.82, 2.24) is 24.5 Å². The van der Waals surface area contributed by atoms with Gasteiger partial charge in [-0.1, -0.05) is 13.0 Å². The Morgan fingerprint density at radius 2 is 2.00 bits per heavy atom. The first kappa shape index (κ1) is 19.3. The smallest absolute Gasteiger partial charge is 0.290 e. The molecule has 0 bridgehead atoms. The number of methoxy groups -OCH3 is 1. The number of nitrogens with one attached hydrogen (secondary N) is 1. The molecule has 3 heterocycles. The van der Waals surface area contributed by atoms with Crippen molar-refractivity contribution in [2.45, 2.75) is 13.3 Å². The molecule has 1 N–H and O–H groups in total. The van der Waals surface area contributed by atoms with Gasteiger partial charge in [-0.15, -0.1) is 0 Å². The molecular formula is C19H27N5O3. The zero-order valence-corrected chi connectivity index (χ0v) is 16.0. The number of hydrogen-bond donors (Lipinski definition) is 1. The Morgan fingerprint density at radius 3 is 2.70 bits per heavy atom. The molecule has 27 heavy (non-hydrogen) atoms. The van der Waals surface area contributed by atoms with E-state index in [0.29, 0.717) is 31.8 Å². The van der Waals surface area contributed by atoms with E-state index in [-0.39, 0.29) is 23.3 Å². The molecule has 2 aromatic rings. The number of aromatic nitrogens is 2. The highest BCUT2D eigenvalue weighted by Crippen LogP contribution is 2.16. The molecule has 1 saturated heterocycles. The number of ether oxygens (including phenoxy) is 1. The lowest BCUT2D eigenvalue weighted by atomic mass is 10.3. The Balaban J connectivity index is 1.80. The molecule has 0 saturated carbocycles. The molecular weight excluding hydrogens is 346 g/mol. The maximum Gasteiger partial charge on any atom is 0.290 e. The molecule has 0 aromatic carbocycles. The SMILES string of the molecule is CCN1CCN(C(=O)c2nc(C(=O)NCCCOC)c3ccccn23)CC1. The summed E-state index contributed by atoms with van der Waals surface area (Å²) in [5, 5.41) is 2.84. The first-order valence-corrected chi connectivity index (χ1v) is 9.41. The van der Waals surface area contributed by atoms with Gasteiger partial charge in [0, 0.05) is 52.6 Å². The van der Waals surface area contributed by atoms with Crippen LogP contribution in [0, 0.1) is 0 Å². The number of amides is 2. The van der Waals surface area contributed by atoms with Crippen molar-refractivity contribution in [3.63, 3.8) is 0 Å². The quantitative estimate of drug-likeness (QED) is 0.729. The fraction of sp³-hybridized carbons (Fsp3) is 0.526. The Hall–Kier alpha value is -2.45. The number of carbonyl (C=O) groups is 2. The van der Waals surface area contributed by atoms with E-state index in [9.17, 15) is 9.59 Å². The number of nitrogens with zero attached hydrogens (tertiary/aromatic N) is 4. The van der Waals surface area contributed by atoms with E-state index in [2.05, 4.69) is 22.1 Å². The van der Waals surface area contributed by atoms with Gasteiger partial charge < -0.3 is 19.9 Å². The number of likely N-dealkylation sites (N-methyl/N-ethyl adjacent to an activating group) is 1. The van der Waals surface area contributed by atoms with Crippen molar-refractivity contribution in [1.29, 1.82) is 0 Å². The van der Waals surface area contributed by atoms with Gasteiger partial charge in [0.25, 0.3) is 11.8 Å². The van der Waals surface area contributed by atoms with Gasteiger partial charge in [-0.3, -0.25) is 14.0 Å². The largest absolute Gasteiger partial charge is 0.385 e. The predicted octanol–water partition coefficient (Wildman–Crippen LogP) is 0.878. The fourth-order valence-corrected chi connectivity index (χ4v) is 3.27. The second-order valence-electron chi connectivity index (χ2n) is 6.57. The average Bonchev–Trinajstić information content (AvgIpc) is 3.10. The monoisotopic (exact) mass is 373 g/mol. The van der Waals surface area contributed by atoms with Crippen molar-refractivity contribution in [3.8, 4) is 0 Å². The number of hydrogen-bond acceptors (Lipinski definition) is 5. The summed E-state index contributed by atoms with van der Waals surface area (Å²) in [6, 6.07) is 5.48. The Bertz CT molecular complexity index is 796. The molecule has 0 atom stereocenters. The molecule has 1 aliphatic rings. The number of rotatable bonds is 7. The van der Waals surface area contributed by atoms with Crippen LogP contribution in [0.25, 0.3) is 5.52 Å². The van der Waals surface area contributed by atoms with Crippen LogP contribution >= 0.6 is 0 Å². The lowest BCUT2D eigenvalue weighted by molar-refractivity contribution is 0.0630. The van der Waals surface area contributed by atoms with Gasteiger partial charge in [0.05, 0.1) is 5.52 Å². The fourth-order valence-electron chi connectivity index (χ4n) is 3.27. The highest BCUT2D eigenvalue weighted by atomic mass is 16.5. The molecule has 2 aromatic heterocycles. The average molecular weight is 373 g/mol. The second kappa shape index (κ2) is 8.96. The number of imidazole rings is 1. The lowest BCUT2D eigenvalue weighted by Gasteiger charge is -2.33. The molecule has 146 valence electrons. The minimum atomic E-state index is -0.273. The maximum absolute atomic E-state index is 13.0. The van der Waals surface area contributed by atoms with Crippen LogP contribution in [0.5, 0.6) is 0 Å². The number of pyridine rings is 1. The van der Waals surface area contributed by atoms with Crippen LogP contribution in [-0.4, -0.2) is 84.0 Å². The van der Waals surface area contributed by atoms with Crippen LogP contribution in [0.1, 0.15) is 34.5 Å². The van der Waals surface area contributed by atoms with Gasteiger partial charge in [-0.25, -0.2) is 4.98 Å². The van der Waals surface area contributed by atoms with Crippen LogP contribution in [0.15, 0.2) is 24.4 Å². The zero-order chi connectivity index (χ0) is 19.2. The van der Waals surface area contributed by atoms with E-state index < -0.39 is 0 Å². The summed E-state index contributed by atoms with van der Waals surface area (Å²) in [4.78, 5) is 34.1. The third-order valence-corrected chi connectivity index (χ3v) is 4.87. The van der Waals surface area contributed by atoms with Gasteiger partial charge in [0.2, 0.25) is 5.82 Å². The first-order chi connectivity index (χ1) is 13.2. The van der Waals surface area contributed by atoms with E-state index in [0.717, 1.165) is 26.1 Å². The number of piperazine rings is 1. The summed E-state index contributed by atoms with van der Waals surface area (Å²) in [6.07, 6.45) is 2.50. The van der Waals surface area contributed by atoms with Crippen molar-refractivity contribution in [2.24, 2.45) is 0 Å². The predicted molar refractivity (Wildman–Crippen MR) is 102 cm³/mol. The number of carbonyl (C=O) groups excluding carboxylic acids is 2. The highest BCUT2D eigenvalue weighted by Gasteiger charge is 2.27. The van der Waals surface area contributed by atoms with Gasteiger partial charge in [-0.05, 0) is 25.1 Å². The minimum absolute atomic E-state index is 0.134. The van der Waals surface area contributed by atoms with E-state index >= 15 is 0 Å². The van der Waals surface area contributed by atoms with Crippen molar-refractivity contribution >= 4 is 17.3 Å². The molecule has 0 radical (unpaired) electrons. The van der Waals surface area contributed by atoms with E-state index in [1.165, 1.54) is 0 Å². The molecule has 0 spiro atoms. The molecule has 3 rings (SSSR count). The van der Waals surface area contributed by atoms with Crippen LogP contribution < -0.4 is 5.32 Å². The van der Waals surface area contributed by atoms with Crippen molar-refractivity contribution in [3.05, 3.63) is 35.9 Å². The summed E-state index contributed by atoms with van der Waals surface area (Å²) in [5.41, 5.74) is 0.917. The van der Waals surface area contributed by atoms with Gasteiger partial charge in [0.1, 0.15) is 0 Å². The van der Waals surface area contributed by atoms with E-state index in [4.69, 9.17) is 4.74 Å². The summed E-state index contributed by atoms with van der Waals surface area (Å²) >= 11 is 0. The second-order valence-corrected chi connectivity index (χ2v) is 6.57. The first-order valence-electron chi connectivity index (χ1n) is 9.41. The van der Waals surface area contributed by atoms with E-state index in [1.54, 1.807) is 17.7 Å². The van der Waals surface area contributed by atoms with Crippen molar-refractivity contribution in [2.75, 3.05) is 53.0 Å². The Morgan fingerprint density at radius 1 is 1.22 bits per heavy atom. The Labute approximate surface area is 159 Å². The maximum atomic E-state index is 13.0. The van der Waals surface area contributed by atoms with E-state index in [1.807, 2.05) is 23.1 Å². The molecule has 8 nitrogen and oxygen atoms in total. The third kappa shape index (κ3) is 4.28. The highest BCUT2D eigenvalue weighted by molar-refractivity contribution is 6.02. The number of fused-ring (bicyclic) bond motifs is 1. The minimum Gasteiger partial charge on any atom is -0.385 e. The lowest BCUT2D eigenvalue weighted by Crippen LogP contribution is -2.48. The summed E-state index contributed by atoms with van der Waals surface area (Å²) in [7, 11) is 1.63. The summed E-state index contributed by atoms with van der Waals surface area (Å²) in [5.74, 6) is -0.118. The topological polar surface area (TPSA) is 79.2 Å². The van der Waals surface area contributed by atoms with Gasteiger partial charge >= 0.3 is 0 Å². The molecule has 0 aliphatic carbocycles. The molecule has 1 aliphatic heterocycles. The summed E-state index contributed by atoms with van der Waals surface area (Å²) in [6.45, 7) is 7.26. The summed E-state index contributed by atoms with van der Waals surface area (Å²) < 4.78 is 6.70. The third-order valence-electron chi connectivity index (χ3n) is 4.87. The van der Waals surface area contributed by atoms with Gasteiger partial charge in [0.15, 0.2) is 5.69 Å². The normalized spacial score (nSPS) is 15.3. The van der Waals surface area contributed by atoms with Crippen LogP contribution in [0.2, 0.25) is 0 Å².